The van der Waals surface area contributed by atoms with E-state index in [1.54, 1.807) is 34.1 Å². The van der Waals surface area contributed by atoms with E-state index < -0.39 is 22.8 Å². The minimum absolute atomic E-state index is 0.0407. The van der Waals surface area contributed by atoms with Crippen LogP contribution in [0.2, 0.25) is 0 Å². The van der Waals surface area contributed by atoms with Crippen molar-refractivity contribution in [3.8, 4) is 34.2 Å². The minimum atomic E-state index is -1.45. The monoisotopic (exact) mass is 496 g/mol. The lowest BCUT2D eigenvalue weighted by atomic mass is 9.79. The molecule has 0 amide bonds. The summed E-state index contributed by atoms with van der Waals surface area (Å²) in [4.78, 5) is 4.15. The smallest absolute Gasteiger partial charge is 0.196 e. The van der Waals surface area contributed by atoms with Gasteiger partial charge in [0.05, 0.1) is 18.9 Å². The number of rotatable bonds is 6. The Labute approximate surface area is 206 Å². The van der Waals surface area contributed by atoms with Crippen molar-refractivity contribution >= 4 is 0 Å². The van der Waals surface area contributed by atoms with Crippen LogP contribution in [0.15, 0.2) is 47.0 Å². The third kappa shape index (κ3) is 4.01. The van der Waals surface area contributed by atoms with E-state index in [-0.39, 0.29) is 5.75 Å². The number of methoxy groups -OCH3 is 1. The van der Waals surface area contributed by atoms with Crippen molar-refractivity contribution in [2.24, 2.45) is 0 Å². The highest BCUT2D eigenvalue weighted by Crippen LogP contribution is 2.45. The lowest BCUT2D eigenvalue weighted by Gasteiger charge is -2.44. The molecule has 0 bridgehead atoms. The summed E-state index contributed by atoms with van der Waals surface area (Å²) in [6.07, 6.45) is 2.63. The highest BCUT2D eigenvalue weighted by atomic mass is 19.1. The Kier molecular flexibility index (Phi) is 5.78. The van der Waals surface area contributed by atoms with Gasteiger partial charge in [-0.25, -0.2) is 13.8 Å². The maximum Gasteiger partial charge on any atom is 0.196 e. The maximum atomic E-state index is 13.9. The summed E-state index contributed by atoms with van der Waals surface area (Å²) in [5.74, 6) is 1.02. The Balaban J connectivity index is 1.60. The van der Waals surface area contributed by atoms with Crippen LogP contribution in [0.3, 0.4) is 0 Å². The molecule has 5 rings (SSSR count). The van der Waals surface area contributed by atoms with Gasteiger partial charge in [0.1, 0.15) is 28.7 Å². The van der Waals surface area contributed by atoms with Crippen molar-refractivity contribution in [2.45, 2.75) is 51.4 Å². The molecule has 0 aliphatic carbocycles. The van der Waals surface area contributed by atoms with Crippen molar-refractivity contribution in [2.75, 3.05) is 7.11 Å². The van der Waals surface area contributed by atoms with Crippen LogP contribution < -0.4 is 9.47 Å². The maximum absolute atomic E-state index is 13.9. The van der Waals surface area contributed by atoms with Gasteiger partial charge in [-0.3, -0.25) is 0 Å². The van der Waals surface area contributed by atoms with E-state index in [1.165, 1.54) is 0 Å². The fourth-order valence-electron chi connectivity index (χ4n) is 4.73. The molecule has 2 aromatic carbocycles. The first-order chi connectivity index (χ1) is 17.1. The Morgan fingerprint density at radius 1 is 1.11 bits per heavy atom. The number of aliphatic hydroxyl groups is 1. The van der Waals surface area contributed by atoms with Crippen LogP contribution in [-0.4, -0.2) is 37.6 Å². The highest BCUT2D eigenvalue weighted by Gasteiger charge is 2.53. The quantitative estimate of drug-likeness (QED) is 0.400. The van der Waals surface area contributed by atoms with E-state index in [9.17, 15) is 13.9 Å². The van der Waals surface area contributed by atoms with Gasteiger partial charge in [-0.1, -0.05) is 6.07 Å². The normalized spacial score (nSPS) is 17.6. The average molecular weight is 497 g/mol. The predicted molar refractivity (Wildman–Crippen MR) is 126 cm³/mol. The number of nitrogens with zero attached hydrogens (tertiary/aromatic N) is 4. The lowest BCUT2D eigenvalue weighted by Crippen LogP contribution is -2.55. The van der Waals surface area contributed by atoms with Crippen molar-refractivity contribution in [1.82, 2.24) is 19.7 Å². The third-order valence-electron chi connectivity index (χ3n) is 6.49. The van der Waals surface area contributed by atoms with E-state index in [2.05, 4.69) is 15.2 Å². The third-order valence-corrected chi connectivity index (χ3v) is 6.49. The van der Waals surface area contributed by atoms with E-state index in [0.717, 1.165) is 29.3 Å². The zero-order chi connectivity index (χ0) is 25.7. The number of hydrogen-bond acceptors (Lipinski definition) is 7. The molecule has 4 aromatic rings. The molecule has 188 valence electrons. The number of ether oxygens (including phenoxy) is 2. The standard InChI is InChI=1S/C26H26F2N4O4/c1-15-29-14-22(35-15)20-7-6-16(10-21(20)34-4)23-30-31-24-26(25(2,3)33,8-5-9-32(23)24)36-19-12-17(27)11-18(28)13-19/h6-7,10-14,33H,5,8-9H2,1-4H3/t26-/m0/s1. The van der Waals surface area contributed by atoms with Crippen LogP contribution in [0.25, 0.3) is 22.7 Å². The number of halogens is 2. The molecule has 36 heavy (non-hydrogen) atoms. The Hall–Kier alpha value is -3.79. The molecule has 0 saturated carbocycles. The summed E-state index contributed by atoms with van der Waals surface area (Å²) in [6, 6.07) is 8.49. The molecule has 1 aliphatic heterocycles. The SMILES string of the molecule is COc1cc(-c2nnc3n2CCC[C@@]3(Oc2cc(F)cc(F)c2)C(C)(C)O)ccc1-c1cnc(C)o1. The molecule has 1 atom stereocenters. The predicted octanol–water partition coefficient (Wildman–Crippen LogP) is 5.03. The molecule has 1 aliphatic rings. The second kappa shape index (κ2) is 8.70. The molecule has 0 spiro atoms. The summed E-state index contributed by atoms with van der Waals surface area (Å²) in [5.41, 5.74) is -1.38. The van der Waals surface area contributed by atoms with Crippen molar-refractivity contribution < 1.29 is 27.8 Å². The van der Waals surface area contributed by atoms with Crippen molar-refractivity contribution in [3.63, 3.8) is 0 Å². The highest BCUT2D eigenvalue weighted by molar-refractivity contribution is 5.71. The molecule has 0 radical (unpaired) electrons. The molecule has 2 aromatic heterocycles. The Bertz CT molecular complexity index is 1410. The first kappa shape index (κ1) is 23.9. The molecule has 0 saturated heterocycles. The van der Waals surface area contributed by atoms with Crippen LogP contribution in [0.4, 0.5) is 8.78 Å². The second-order valence-electron chi connectivity index (χ2n) is 9.35. The van der Waals surface area contributed by atoms with Gasteiger partial charge in [-0.05, 0) is 38.8 Å². The van der Waals surface area contributed by atoms with Crippen LogP contribution in [0.5, 0.6) is 11.5 Å². The number of benzene rings is 2. The average Bonchev–Trinajstić information content (AvgIpc) is 3.44. The molecule has 10 heteroatoms. The second-order valence-corrected chi connectivity index (χ2v) is 9.35. The van der Waals surface area contributed by atoms with Gasteiger partial charge >= 0.3 is 0 Å². The van der Waals surface area contributed by atoms with Crippen LogP contribution >= 0.6 is 0 Å². The number of aryl methyl sites for hydroxylation is 1. The van der Waals surface area contributed by atoms with Gasteiger partial charge in [-0.2, -0.15) is 0 Å². The molecule has 1 N–H and O–H groups in total. The van der Waals surface area contributed by atoms with E-state index in [4.69, 9.17) is 13.9 Å². The van der Waals surface area contributed by atoms with Gasteiger partial charge in [0, 0.05) is 37.2 Å². The first-order valence-electron chi connectivity index (χ1n) is 11.5. The Morgan fingerprint density at radius 2 is 1.86 bits per heavy atom. The van der Waals surface area contributed by atoms with Crippen molar-refractivity contribution in [1.29, 1.82) is 0 Å². The summed E-state index contributed by atoms with van der Waals surface area (Å²) in [7, 11) is 1.57. The molecular weight excluding hydrogens is 470 g/mol. The molecule has 3 heterocycles. The number of fused-ring (bicyclic) bond motifs is 1. The van der Waals surface area contributed by atoms with Gasteiger partial charge in [0.15, 0.2) is 28.9 Å². The summed E-state index contributed by atoms with van der Waals surface area (Å²) in [5, 5.41) is 20.1. The fraction of sp³-hybridized carbons (Fsp3) is 0.346. The van der Waals surface area contributed by atoms with Crippen molar-refractivity contribution in [3.05, 3.63) is 65.9 Å². The zero-order valence-corrected chi connectivity index (χ0v) is 20.4. The van der Waals surface area contributed by atoms with Gasteiger partial charge in [0.25, 0.3) is 0 Å². The van der Waals surface area contributed by atoms with Crippen LogP contribution in [0.1, 0.15) is 38.4 Å². The first-order valence-corrected chi connectivity index (χ1v) is 11.5. The number of hydrogen-bond donors (Lipinski definition) is 1. The molecule has 8 nitrogen and oxygen atoms in total. The molecule has 0 fully saturated rings. The molecular formula is C26H26F2N4O4. The van der Waals surface area contributed by atoms with E-state index in [1.807, 2.05) is 22.8 Å². The number of oxazole rings is 1. The topological polar surface area (TPSA) is 95.4 Å². The van der Waals surface area contributed by atoms with Gasteiger partial charge < -0.3 is 23.6 Å². The van der Waals surface area contributed by atoms with E-state index >= 15 is 0 Å². The Morgan fingerprint density at radius 3 is 2.50 bits per heavy atom. The van der Waals surface area contributed by atoms with Crippen LogP contribution in [0, 0.1) is 18.6 Å². The van der Waals surface area contributed by atoms with Gasteiger partial charge in [-0.15, -0.1) is 10.2 Å². The largest absolute Gasteiger partial charge is 0.496 e. The lowest BCUT2D eigenvalue weighted by molar-refractivity contribution is -0.137. The number of aromatic nitrogens is 4. The summed E-state index contributed by atoms with van der Waals surface area (Å²) >= 11 is 0. The zero-order valence-electron chi connectivity index (χ0n) is 20.4. The van der Waals surface area contributed by atoms with Crippen LogP contribution in [-0.2, 0) is 12.1 Å². The summed E-state index contributed by atoms with van der Waals surface area (Å²) in [6.45, 7) is 5.51. The fourth-order valence-corrected chi connectivity index (χ4v) is 4.73. The minimum Gasteiger partial charge on any atom is -0.496 e. The van der Waals surface area contributed by atoms with E-state index in [0.29, 0.717) is 48.4 Å². The molecule has 0 unspecified atom stereocenters. The van der Waals surface area contributed by atoms with Gasteiger partial charge in [0.2, 0.25) is 0 Å². The summed E-state index contributed by atoms with van der Waals surface area (Å²) < 4.78 is 47.1.